The van der Waals surface area contributed by atoms with Crippen LogP contribution in [-0.2, 0) is 11.4 Å². The highest BCUT2D eigenvalue weighted by molar-refractivity contribution is 5.97. The maximum Gasteiger partial charge on any atom is 0.326 e. The summed E-state index contributed by atoms with van der Waals surface area (Å²) >= 11 is 0. The molecule has 2 aromatic carbocycles. The van der Waals surface area contributed by atoms with Gasteiger partial charge in [0.1, 0.15) is 18.4 Å². The molecule has 0 aromatic heterocycles. The SMILES string of the molecule is O=C(O)[C@@H]1CCCN1C(=O)c1ccc(COc2ccccc2)cc1. The van der Waals surface area contributed by atoms with Gasteiger partial charge in [-0.05, 0) is 42.7 Å². The van der Waals surface area contributed by atoms with Gasteiger partial charge < -0.3 is 14.7 Å². The number of carbonyl (C=O) groups is 2. The molecule has 1 saturated heterocycles. The van der Waals surface area contributed by atoms with Crippen molar-refractivity contribution in [1.29, 1.82) is 0 Å². The van der Waals surface area contributed by atoms with Crippen molar-refractivity contribution in [3.63, 3.8) is 0 Å². The van der Waals surface area contributed by atoms with Crippen LogP contribution in [0, 0.1) is 0 Å². The number of likely N-dealkylation sites (tertiary alicyclic amines) is 1. The Labute approximate surface area is 140 Å². The number of ether oxygens (including phenoxy) is 1. The minimum absolute atomic E-state index is 0.226. The first-order chi connectivity index (χ1) is 11.6. The normalized spacial score (nSPS) is 16.8. The lowest BCUT2D eigenvalue weighted by atomic mass is 10.1. The highest BCUT2D eigenvalue weighted by atomic mass is 16.5. The van der Waals surface area contributed by atoms with Gasteiger partial charge in [0.25, 0.3) is 5.91 Å². The number of carbonyl (C=O) groups excluding carboxylic acids is 1. The van der Waals surface area contributed by atoms with Crippen LogP contribution in [0.5, 0.6) is 5.75 Å². The van der Waals surface area contributed by atoms with Gasteiger partial charge in [-0.1, -0.05) is 30.3 Å². The number of carboxylic acid groups (broad SMARTS) is 1. The highest BCUT2D eigenvalue weighted by Crippen LogP contribution is 2.21. The first kappa shape index (κ1) is 16.1. The highest BCUT2D eigenvalue weighted by Gasteiger charge is 2.34. The van der Waals surface area contributed by atoms with Crippen LogP contribution >= 0.6 is 0 Å². The number of amides is 1. The summed E-state index contributed by atoms with van der Waals surface area (Å²) in [5.41, 5.74) is 1.46. The summed E-state index contributed by atoms with van der Waals surface area (Å²) in [6.07, 6.45) is 1.25. The minimum atomic E-state index is -0.936. The first-order valence-corrected chi connectivity index (χ1v) is 7.96. The fraction of sp³-hybridized carbons (Fsp3) is 0.263. The minimum Gasteiger partial charge on any atom is -0.489 e. The third-order valence-corrected chi connectivity index (χ3v) is 4.15. The van der Waals surface area contributed by atoms with Crippen molar-refractivity contribution >= 4 is 11.9 Å². The first-order valence-electron chi connectivity index (χ1n) is 7.96. The van der Waals surface area contributed by atoms with E-state index in [2.05, 4.69) is 0 Å². The number of nitrogens with zero attached hydrogens (tertiary/aromatic N) is 1. The van der Waals surface area contributed by atoms with Gasteiger partial charge in [0.15, 0.2) is 0 Å². The lowest BCUT2D eigenvalue weighted by Crippen LogP contribution is -2.40. The van der Waals surface area contributed by atoms with E-state index in [1.54, 1.807) is 12.1 Å². The summed E-state index contributed by atoms with van der Waals surface area (Å²) < 4.78 is 5.67. The van der Waals surface area contributed by atoms with Gasteiger partial charge in [-0.15, -0.1) is 0 Å². The molecule has 0 aliphatic carbocycles. The van der Waals surface area contributed by atoms with Gasteiger partial charge in [0.05, 0.1) is 0 Å². The van der Waals surface area contributed by atoms with Crippen LogP contribution in [0.1, 0.15) is 28.8 Å². The molecule has 3 rings (SSSR count). The Morgan fingerprint density at radius 1 is 1.08 bits per heavy atom. The third-order valence-electron chi connectivity index (χ3n) is 4.15. The number of aliphatic carboxylic acids is 1. The zero-order valence-corrected chi connectivity index (χ0v) is 13.2. The Balaban J connectivity index is 1.63. The van der Waals surface area contributed by atoms with E-state index in [9.17, 15) is 14.7 Å². The number of carboxylic acids is 1. The molecule has 1 fully saturated rings. The second-order valence-corrected chi connectivity index (χ2v) is 5.79. The van der Waals surface area contributed by atoms with Crippen LogP contribution in [0.25, 0.3) is 0 Å². The van der Waals surface area contributed by atoms with Crippen LogP contribution in [0.15, 0.2) is 54.6 Å². The molecule has 0 radical (unpaired) electrons. The zero-order chi connectivity index (χ0) is 16.9. The summed E-state index contributed by atoms with van der Waals surface area (Å²) in [5.74, 6) is -0.372. The molecule has 1 N–H and O–H groups in total. The molecule has 2 aromatic rings. The number of hydrogen-bond acceptors (Lipinski definition) is 3. The smallest absolute Gasteiger partial charge is 0.326 e. The van der Waals surface area contributed by atoms with E-state index in [1.165, 1.54) is 4.90 Å². The van der Waals surface area contributed by atoms with Crippen LogP contribution in [0.4, 0.5) is 0 Å². The Morgan fingerprint density at radius 3 is 2.46 bits per heavy atom. The predicted molar refractivity (Wildman–Crippen MR) is 88.9 cm³/mol. The van der Waals surface area contributed by atoms with Crippen molar-refractivity contribution in [2.24, 2.45) is 0 Å². The lowest BCUT2D eigenvalue weighted by molar-refractivity contribution is -0.141. The van der Waals surface area contributed by atoms with E-state index in [4.69, 9.17) is 4.74 Å². The predicted octanol–water partition coefficient (Wildman–Crippen LogP) is 2.95. The topological polar surface area (TPSA) is 66.8 Å². The van der Waals surface area contributed by atoms with Gasteiger partial charge in [0, 0.05) is 12.1 Å². The van der Waals surface area contributed by atoms with E-state index in [-0.39, 0.29) is 5.91 Å². The standard InChI is InChI=1S/C19H19NO4/c21-18(20-12-4-7-17(20)19(22)23)15-10-8-14(9-11-15)13-24-16-5-2-1-3-6-16/h1-3,5-6,8-11,17H,4,7,12-13H2,(H,22,23)/t17-/m0/s1. The molecular formula is C19H19NO4. The average molecular weight is 325 g/mol. The average Bonchev–Trinajstić information content (AvgIpc) is 3.11. The molecule has 24 heavy (non-hydrogen) atoms. The molecular weight excluding hydrogens is 306 g/mol. The molecule has 0 bridgehead atoms. The van der Waals surface area contributed by atoms with Crippen molar-refractivity contribution in [3.05, 3.63) is 65.7 Å². The van der Waals surface area contributed by atoms with Gasteiger partial charge in [0.2, 0.25) is 0 Å². The second-order valence-electron chi connectivity index (χ2n) is 5.79. The van der Waals surface area contributed by atoms with Crippen molar-refractivity contribution in [2.45, 2.75) is 25.5 Å². The van der Waals surface area contributed by atoms with E-state index >= 15 is 0 Å². The van der Waals surface area contributed by atoms with Crippen molar-refractivity contribution in [3.8, 4) is 5.75 Å². The second kappa shape index (κ2) is 7.17. The largest absolute Gasteiger partial charge is 0.489 e. The summed E-state index contributed by atoms with van der Waals surface area (Å²) in [4.78, 5) is 25.1. The fourth-order valence-corrected chi connectivity index (χ4v) is 2.86. The molecule has 1 atom stereocenters. The monoisotopic (exact) mass is 325 g/mol. The molecule has 1 amide bonds. The van der Waals surface area contributed by atoms with E-state index in [1.807, 2.05) is 42.5 Å². The maximum absolute atomic E-state index is 12.5. The van der Waals surface area contributed by atoms with Crippen molar-refractivity contribution in [1.82, 2.24) is 4.90 Å². The van der Waals surface area contributed by atoms with Gasteiger partial charge >= 0.3 is 5.97 Å². The van der Waals surface area contributed by atoms with Crippen LogP contribution in [-0.4, -0.2) is 34.5 Å². The Kier molecular flexibility index (Phi) is 4.79. The van der Waals surface area contributed by atoms with Crippen LogP contribution in [0.3, 0.4) is 0 Å². The molecule has 5 heteroatoms. The molecule has 1 heterocycles. The number of hydrogen-bond donors (Lipinski definition) is 1. The molecule has 1 aliphatic heterocycles. The third kappa shape index (κ3) is 3.56. The van der Waals surface area contributed by atoms with Crippen LogP contribution in [0.2, 0.25) is 0 Å². The Bertz CT molecular complexity index is 712. The number of rotatable bonds is 5. The molecule has 124 valence electrons. The number of benzene rings is 2. The summed E-state index contributed by atoms with van der Waals surface area (Å²) in [5, 5.41) is 9.19. The zero-order valence-electron chi connectivity index (χ0n) is 13.2. The van der Waals surface area contributed by atoms with Crippen LogP contribution < -0.4 is 4.74 Å². The van der Waals surface area contributed by atoms with Gasteiger partial charge in [-0.2, -0.15) is 0 Å². The fourth-order valence-electron chi connectivity index (χ4n) is 2.86. The van der Waals surface area contributed by atoms with Crippen molar-refractivity contribution < 1.29 is 19.4 Å². The maximum atomic E-state index is 12.5. The lowest BCUT2D eigenvalue weighted by Gasteiger charge is -2.21. The summed E-state index contributed by atoms with van der Waals surface area (Å²) in [6, 6.07) is 15.9. The van der Waals surface area contributed by atoms with E-state index in [0.717, 1.165) is 17.7 Å². The summed E-state index contributed by atoms with van der Waals surface area (Å²) in [7, 11) is 0. The van der Waals surface area contributed by atoms with Gasteiger partial charge in [-0.3, -0.25) is 4.79 Å². The number of para-hydroxylation sites is 1. The molecule has 0 unspecified atom stereocenters. The van der Waals surface area contributed by atoms with Crippen molar-refractivity contribution in [2.75, 3.05) is 6.54 Å². The van der Waals surface area contributed by atoms with E-state index in [0.29, 0.717) is 25.1 Å². The van der Waals surface area contributed by atoms with E-state index < -0.39 is 12.0 Å². The quantitative estimate of drug-likeness (QED) is 0.918. The van der Waals surface area contributed by atoms with Gasteiger partial charge in [-0.25, -0.2) is 4.79 Å². The molecule has 1 aliphatic rings. The Morgan fingerprint density at radius 2 is 1.79 bits per heavy atom. The molecule has 5 nitrogen and oxygen atoms in total. The molecule has 0 saturated carbocycles. The molecule has 0 spiro atoms. The summed E-state index contributed by atoms with van der Waals surface area (Å²) in [6.45, 7) is 0.911. The Hall–Kier alpha value is -2.82.